The summed E-state index contributed by atoms with van der Waals surface area (Å²) in [7, 11) is 0. The van der Waals surface area contributed by atoms with Crippen LogP contribution in [0.4, 0.5) is 5.69 Å². The number of H-pyrrole nitrogens is 1. The zero-order valence-electron chi connectivity index (χ0n) is 10.7. The number of aromatic amines is 1. The number of anilines is 1. The lowest BCUT2D eigenvalue weighted by molar-refractivity contribution is 0.102. The van der Waals surface area contributed by atoms with E-state index >= 15 is 0 Å². The summed E-state index contributed by atoms with van der Waals surface area (Å²) in [5, 5.41) is 11.8. The smallest absolute Gasteiger partial charge is 0.255 e. The number of halogens is 1. The summed E-state index contributed by atoms with van der Waals surface area (Å²) in [6.45, 7) is 0. The molecule has 102 valence electrons. The average Bonchev–Trinajstić information content (AvgIpc) is 2.94. The molecule has 0 aliphatic heterocycles. The van der Waals surface area contributed by atoms with E-state index in [9.17, 15) is 4.79 Å². The molecule has 0 bridgehead atoms. The van der Waals surface area contributed by atoms with Gasteiger partial charge in [0.25, 0.3) is 5.91 Å². The Morgan fingerprint density at radius 2 is 2.14 bits per heavy atom. The van der Waals surface area contributed by atoms with E-state index in [1.54, 1.807) is 42.7 Å². The summed E-state index contributed by atoms with van der Waals surface area (Å²) in [5.41, 5.74) is 2.97. The highest BCUT2D eigenvalue weighted by molar-refractivity contribution is 9.10. The quantitative estimate of drug-likeness (QED) is 0.749. The third-order valence-electron chi connectivity index (χ3n) is 3.03. The molecule has 0 atom stereocenters. The molecular formula is C15H9BrN4O. The van der Waals surface area contributed by atoms with Crippen molar-refractivity contribution in [2.24, 2.45) is 0 Å². The molecule has 2 aromatic carbocycles. The summed E-state index contributed by atoms with van der Waals surface area (Å²) in [5.74, 6) is -0.277. The zero-order valence-corrected chi connectivity index (χ0v) is 12.3. The monoisotopic (exact) mass is 340 g/mol. The van der Waals surface area contributed by atoms with Gasteiger partial charge in [-0.05, 0) is 36.4 Å². The lowest BCUT2D eigenvalue weighted by atomic mass is 10.1. The summed E-state index contributed by atoms with van der Waals surface area (Å²) >= 11 is 3.33. The van der Waals surface area contributed by atoms with E-state index in [4.69, 9.17) is 5.26 Å². The summed E-state index contributed by atoms with van der Waals surface area (Å²) < 4.78 is 0.792. The van der Waals surface area contributed by atoms with Crippen molar-refractivity contribution in [2.45, 2.75) is 0 Å². The summed E-state index contributed by atoms with van der Waals surface area (Å²) in [4.78, 5) is 19.4. The van der Waals surface area contributed by atoms with Gasteiger partial charge < -0.3 is 10.3 Å². The first kappa shape index (κ1) is 13.3. The van der Waals surface area contributed by atoms with Crippen LogP contribution in [0.3, 0.4) is 0 Å². The van der Waals surface area contributed by atoms with Gasteiger partial charge in [0, 0.05) is 10.0 Å². The maximum Gasteiger partial charge on any atom is 0.255 e. The van der Waals surface area contributed by atoms with Crippen molar-refractivity contribution in [1.82, 2.24) is 9.97 Å². The fraction of sp³-hybridized carbons (Fsp3) is 0. The molecule has 1 amide bonds. The third kappa shape index (κ3) is 2.64. The van der Waals surface area contributed by atoms with Gasteiger partial charge in [-0.25, -0.2) is 4.98 Å². The molecule has 0 aliphatic rings. The second kappa shape index (κ2) is 5.38. The number of hydrogen-bond acceptors (Lipinski definition) is 3. The van der Waals surface area contributed by atoms with Gasteiger partial charge in [0.2, 0.25) is 0 Å². The molecule has 0 fully saturated rings. The number of nitriles is 1. The van der Waals surface area contributed by atoms with Crippen LogP contribution in [-0.2, 0) is 0 Å². The largest absolute Gasteiger partial charge is 0.345 e. The Hall–Kier alpha value is -2.65. The third-order valence-corrected chi connectivity index (χ3v) is 3.53. The van der Waals surface area contributed by atoms with Crippen molar-refractivity contribution in [2.75, 3.05) is 5.32 Å². The number of fused-ring (bicyclic) bond motifs is 1. The fourth-order valence-corrected chi connectivity index (χ4v) is 2.35. The molecular weight excluding hydrogens is 332 g/mol. The van der Waals surface area contributed by atoms with Crippen LogP contribution in [0.25, 0.3) is 11.0 Å². The molecule has 0 radical (unpaired) electrons. The SMILES string of the molecule is N#Cc1ccc(Br)cc1NC(=O)c1ccc2nc[nH]c2c1. The minimum atomic E-state index is -0.277. The van der Waals surface area contributed by atoms with E-state index in [1.165, 1.54) is 0 Å². The Balaban J connectivity index is 1.92. The molecule has 6 heteroatoms. The minimum absolute atomic E-state index is 0.277. The van der Waals surface area contributed by atoms with Crippen LogP contribution in [0.2, 0.25) is 0 Å². The standard InChI is InChI=1S/C15H9BrN4O/c16-11-3-1-10(7-17)13(6-11)20-15(21)9-2-4-12-14(5-9)19-8-18-12/h1-6,8H,(H,18,19)(H,20,21). The molecule has 2 N–H and O–H groups in total. The van der Waals surface area contributed by atoms with Gasteiger partial charge >= 0.3 is 0 Å². The number of rotatable bonds is 2. The lowest BCUT2D eigenvalue weighted by Crippen LogP contribution is -2.12. The highest BCUT2D eigenvalue weighted by Gasteiger charge is 2.11. The van der Waals surface area contributed by atoms with Gasteiger partial charge in [0.05, 0.1) is 28.6 Å². The van der Waals surface area contributed by atoms with Crippen LogP contribution < -0.4 is 5.32 Å². The molecule has 3 aromatic rings. The van der Waals surface area contributed by atoms with Crippen molar-refractivity contribution in [3.8, 4) is 6.07 Å². The molecule has 21 heavy (non-hydrogen) atoms. The van der Waals surface area contributed by atoms with E-state index in [1.807, 2.05) is 0 Å². The number of nitrogens with zero attached hydrogens (tertiary/aromatic N) is 2. The highest BCUT2D eigenvalue weighted by Crippen LogP contribution is 2.22. The van der Waals surface area contributed by atoms with Crippen molar-refractivity contribution in [3.63, 3.8) is 0 Å². The van der Waals surface area contributed by atoms with E-state index in [-0.39, 0.29) is 5.91 Å². The number of hydrogen-bond donors (Lipinski definition) is 2. The van der Waals surface area contributed by atoms with Crippen LogP contribution in [0.15, 0.2) is 47.2 Å². The van der Waals surface area contributed by atoms with E-state index in [2.05, 4.69) is 37.3 Å². The lowest BCUT2D eigenvalue weighted by Gasteiger charge is -2.07. The van der Waals surface area contributed by atoms with Crippen LogP contribution in [0.5, 0.6) is 0 Å². The first-order valence-corrected chi connectivity index (χ1v) is 6.91. The predicted octanol–water partition coefficient (Wildman–Crippen LogP) is 3.45. The van der Waals surface area contributed by atoms with Crippen molar-refractivity contribution >= 4 is 38.6 Å². The van der Waals surface area contributed by atoms with Gasteiger partial charge in [0.1, 0.15) is 6.07 Å². The normalized spacial score (nSPS) is 10.3. The summed E-state index contributed by atoms with van der Waals surface area (Å²) in [6.07, 6.45) is 1.58. The highest BCUT2D eigenvalue weighted by atomic mass is 79.9. The summed E-state index contributed by atoms with van der Waals surface area (Å²) in [6, 6.07) is 12.3. The number of aromatic nitrogens is 2. The van der Waals surface area contributed by atoms with Gasteiger partial charge in [-0.15, -0.1) is 0 Å². The molecule has 0 spiro atoms. The Kier molecular flexibility index (Phi) is 3.42. The molecule has 0 unspecified atom stereocenters. The second-order valence-electron chi connectivity index (χ2n) is 4.39. The number of carbonyl (C=O) groups excluding carboxylic acids is 1. The maximum atomic E-state index is 12.3. The van der Waals surface area contributed by atoms with Crippen molar-refractivity contribution in [1.29, 1.82) is 5.26 Å². The molecule has 1 heterocycles. The van der Waals surface area contributed by atoms with Crippen molar-refractivity contribution in [3.05, 3.63) is 58.3 Å². The number of carbonyl (C=O) groups is 1. The van der Waals surface area contributed by atoms with E-state index in [0.29, 0.717) is 16.8 Å². The fourth-order valence-electron chi connectivity index (χ4n) is 1.99. The molecule has 5 nitrogen and oxygen atoms in total. The molecule has 0 saturated carbocycles. The van der Waals surface area contributed by atoms with Crippen LogP contribution >= 0.6 is 15.9 Å². The number of nitrogens with one attached hydrogen (secondary N) is 2. The number of benzene rings is 2. The minimum Gasteiger partial charge on any atom is -0.345 e. The first-order valence-electron chi connectivity index (χ1n) is 6.11. The number of amides is 1. The number of imidazole rings is 1. The van der Waals surface area contributed by atoms with E-state index in [0.717, 1.165) is 15.5 Å². The second-order valence-corrected chi connectivity index (χ2v) is 5.31. The Morgan fingerprint density at radius 1 is 1.29 bits per heavy atom. The molecule has 0 aliphatic carbocycles. The van der Waals surface area contributed by atoms with Crippen LogP contribution in [0.1, 0.15) is 15.9 Å². The van der Waals surface area contributed by atoms with Crippen LogP contribution in [-0.4, -0.2) is 15.9 Å². The topological polar surface area (TPSA) is 81.6 Å². The Morgan fingerprint density at radius 3 is 2.95 bits per heavy atom. The maximum absolute atomic E-state index is 12.3. The van der Waals surface area contributed by atoms with E-state index < -0.39 is 0 Å². The Labute approximate surface area is 128 Å². The van der Waals surface area contributed by atoms with Gasteiger partial charge in [-0.1, -0.05) is 15.9 Å². The zero-order chi connectivity index (χ0) is 14.8. The predicted molar refractivity (Wildman–Crippen MR) is 82.9 cm³/mol. The first-order chi connectivity index (χ1) is 10.2. The van der Waals surface area contributed by atoms with Gasteiger partial charge in [-0.2, -0.15) is 5.26 Å². The average molecular weight is 341 g/mol. The van der Waals surface area contributed by atoms with Gasteiger partial charge in [0.15, 0.2) is 0 Å². The van der Waals surface area contributed by atoms with Crippen molar-refractivity contribution < 1.29 is 4.79 Å². The van der Waals surface area contributed by atoms with Gasteiger partial charge in [-0.3, -0.25) is 4.79 Å². The molecule has 3 rings (SSSR count). The molecule has 0 saturated heterocycles. The van der Waals surface area contributed by atoms with Crippen LogP contribution in [0, 0.1) is 11.3 Å². The Bertz CT molecular complexity index is 879. The molecule has 1 aromatic heterocycles.